The molecule has 266 valence electrons. The molecule has 3 heterocycles. The highest BCUT2D eigenvalue weighted by Gasteiger charge is 2.34. The van der Waals surface area contributed by atoms with Gasteiger partial charge in [0, 0.05) is 37.1 Å². The number of hydrogen-bond donors (Lipinski definition) is 3. The van der Waals surface area contributed by atoms with Crippen LogP contribution in [0.1, 0.15) is 90.7 Å². The van der Waals surface area contributed by atoms with Gasteiger partial charge < -0.3 is 25.1 Å². The average Bonchev–Trinajstić information content (AvgIpc) is 3.69. The van der Waals surface area contributed by atoms with Gasteiger partial charge in [-0.1, -0.05) is 42.8 Å². The summed E-state index contributed by atoms with van der Waals surface area (Å²) in [4.78, 5) is 42.4. The molecule has 0 spiro atoms. The zero-order valence-corrected chi connectivity index (χ0v) is 31.3. The van der Waals surface area contributed by atoms with E-state index >= 15 is 0 Å². The number of rotatable bonds is 7. The fourth-order valence-electron chi connectivity index (χ4n) is 5.25. The van der Waals surface area contributed by atoms with Gasteiger partial charge in [0.15, 0.2) is 0 Å². The number of aromatic amines is 1. The van der Waals surface area contributed by atoms with Gasteiger partial charge in [-0.2, -0.15) is 13.5 Å². The van der Waals surface area contributed by atoms with Gasteiger partial charge in [0.05, 0.1) is 17.9 Å². The number of nitrogens with zero attached hydrogens (tertiary/aromatic N) is 4. The summed E-state index contributed by atoms with van der Waals surface area (Å²) in [6.45, 7) is 18.5. The van der Waals surface area contributed by atoms with Crippen molar-refractivity contribution in [3.05, 3.63) is 71.9 Å². The third kappa shape index (κ3) is 12.0. The number of imidazole rings is 1. The monoisotopic (exact) mass is 691 g/mol. The summed E-state index contributed by atoms with van der Waals surface area (Å²) < 4.78 is 10.8. The normalized spacial score (nSPS) is 15.0. The molecule has 2 atom stereocenters. The number of aryl methyl sites for hydroxylation is 2. The van der Waals surface area contributed by atoms with E-state index in [9.17, 15) is 9.59 Å². The number of amides is 2. The fourth-order valence-corrected chi connectivity index (χ4v) is 5.25. The standard InChI is InChI=1S/C23H27N3O2.C14H24N4O2.H2S/c1-15-7-8-17-13-18(10-9-16(17)12-15)19-14-24-21(25-19)20-6-5-11-26(20)22(27)28-23(2,3)4;1-6-11(18-13(19)20-14(3,4)5)9-17-12-15-7-10(2)8-16-12;/h7-10,12-14,20H,5-6,11H2,1-4H3,(H,24,25);7-8,11H,6,9H2,1-5H3,(H,18,19)(H,15,16,17);1H2/t20-;;/m0../s1. The first-order valence-electron chi connectivity index (χ1n) is 16.7. The van der Waals surface area contributed by atoms with Gasteiger partial charge in [-0.05, 0) is 97.1 Å². The van der Waals surface area contributed by atoms with Crippen molar-refractivity contribution < 1.29 is 19.1 Å². The molecule has 0 aliphatic carbocycles. The van der Waals surface area contributed by atoms with Crippen molar-refractivity contribution in [1.29, 1.82) is 0 Å². The number of alkyl carbamates (subject to hydrolysis) is 1. The molecule has 1 aliphatic heterocycles. The first-order valence-corrected chi connectivity index (χ1v) is 16.7. The Morgan fingerprint density at radius 1 is 0.918 bits per heavy atom. The lowest BCUT2D eigenvalue weighted by Gasteiger charge is -2.27. The minimum Gasteiger partial charge on any atom is -0.444 e. The summed E-state index contributed by atoms with van der Waals surface area (Å²) in [5, 5.41) is 8.36. The smallest absolute Gasteiger partial charge is 0.410 e. The van der Waals surface area contributed by atoms with Crippen molar-refractivity contribution in [2.75, 3.05) is 18.4 Å². The second-order valence-corrected chi connectivity index (χ2v) is 14.3. The molecule has 11 nitrogen and oxygen atoms in total. The van der Waals surface area contributed by atoms with E-state index in [-0.39, 0.29) is 31.7 Å². The Balaban J connectivity index is 0.000000276. The minimum atomic E-state index is -0.498. The topological polar surface area (TPSA) is 134 Å². The molecule has 1 aliphatic rings. The highest BCUT2D eigenvalue weighted by molar-refractivity contribution is 7.59. The Bertz CT molecular complexity index is 1680. The van der Waals surface area contributed by atoms with Crippen molar-refractivity contribution in [3.8, 4) is 11.3 Å². The van der Waals surface area contributed by atoms with Crippen LogP contribution in [0, 0.1) is 13.8 Å². The Hall–Kier alpha value is -4.32. The SMILES string of the molecule is CCC(CNc1ncc(C)cn1)NC(=O)OC(C)(C)C.Cc1ccc2cc(-c3cnc([C@@H]4CCCN4C(=O)OC(C)(C)C)[nH]3)ccc2c1.S. The molecule has 0 radical (unpaired) electrons. The molecule has 0 bridgehead atoms. The zero-order valence-electron chi connectivity index (χ0n) is 30.3. The van der Waals surface area contributed by atoms with E-state index in [4.69, 9.17) is 9.47 Å². The number of benzene rings is 2. The molecule has 2 aromatic heterocycles. The van der Waals surface area contributed by atoms with Crippen LogP contribution >= 0.6 is 13.5 Å². The molecule has 49 heavy (non-hydrogen) atoms. The second kappa shape index (κ2) is 16.9. The van der Waals surface area contributed by atoms with Crippen molar-refractivity contribution in [2.24, 2.45) is 0 Å². The van der Waals surface area contributed by atoms with Crippen molar-refractivity contribution >= 4 is 42.4 Å². The van der Waals surface area contributed by atoms with E-state index in [1.165, 1.54) is 16.3 Å². The van der Waals surface area contributed by atoms with Gasteiger partial charge in [-0.25, -0.2) is 24.5 Å². The van der Waals surface area contributed by atoms with E-state index in [1.807, 2.05) is 61.6 Å². The number of likely N-dealkylation sites (tertiary alicyclic amines) is 1. The van der Waals surface area contributed by atoms with E-state index in [2.05, 4.69) is 73.9 Å². The lowest BCUT2D eigenvalue weighted by Crippen LogP contribution is -2.42. The van der Waals surface area contributed by atoms with Gasteiger partial charge >= 0.3 is 12.2 Å². The van der Waals surface area contributed by atoms with Gasteiger partial charge in [-0.3, -0.25) is 4.90 Å². The number of nitrogens with one attached hydrogen (secondary N) is 3. The first kappa shape index (κ1) is 39.1. The number of ether oxygens (including phenoxy) is 2. The lowest BCUT2D eigenvalue weighted by atomic mass is 10.0. The third-order valence-electron chi connectivity index (χ3n) is 7.60. The fraction of sp³-hybridized carbons (Fsp3) is 0.486. The summed E-state index contributed by atoms with van der Waals surface area (Å²) in [6, 6.07) is 12.8. The van der Waals surface area contributed by atoms with Crippen LogP contribution in [0.25, 0.3) is 22.0 Å². The molecule has 2 amide bonds. The average molecular weight is 692 g/mol. The maximum absolute atomic E-state index is 12.6. The Kier molecular flexibility index (Phi) is 13.5. The molecular weight excluding hydrogens is 639 g/mol. The van der Waals surface area contributed by atoms with Crippen LogP contribution in [0.2, 0.25) is 0 Å². The maximum atomic E-state index is 12.6. The van der Waals surface area contributed by atoms with Crippen LogP contribution in [0.5, 0.6) is 0 Å². The van der Waals surface area contributed by atoms with Gasteiger partial charge in [0.25, 0.3) is 0 Å². The van der Waals surface area contributed by atoms with Crippen molar-refractivity contribution in [2.45, 2.75) is 105 Å². The number of hydrogen-bond acceptors (Lipinski definition) is 8. The largest absolute Gasteiger partial charge is 0.444 e. The predicted molar refractivity (Wildman–Crippen MR) is 200 cm³/mol. The van der Waals surface area contributed by atoms with Crippen LogP contribution < -0.4 is 10.6 Å². The summed E-state index contributed by atoms with van der Waals surface area (Å²) in [5.41, 5.74) is 3.34. The second-order valence-electron chi connectivity index (χ2n) is 14.3. The van der Waals surface area contributed by atoms with E-state index in [0.29, 0.717) is 19.0 Å². The molecule has 0 saturated carbocycles. The number of carbonyl (C=O) groups is 2. The molecule has 12 heteroatoms. The predicted octanol–water partition coefficient (Wildman–Crippen LogP) is 8.22. The van der Waals surface area contributed by atoms with Gasteiger partial charge in [-0.15, -0.1) is 0 Å². The van der Waals surface area contributed by atoms with Crippen LogP contribution in [0.15, 0.2) is 55.0 Å². The summed E-state index contributed by atoms with van der Waals surface area (Å²) in [6.07, 6.45) is 7.31. The zero-order chi connectivity index (χ0) is 35.1. The number of H-pyrrole nitrogens is 1. The highest BCUT2D eigenvalue weighted by Crippen LogP contribution is 2.33. The number of carbonyl (C=O) groups excluding carboxylic acids is 2. The van der Waals surface area contributed by atoms with E-state index in [0.717, 1.165) is 41.9 Å². The quantitative estimate of drug-likeness (QED) is 0.177. The molecular formula is C37H53N7O4S. The van der Waals surface area contributed by atoms with Crippen LogP contribution in [-0.2, 0) is 9.47 Å². The molecule has 1 unspecified atom stereocenters. The number of anilines is 1. The highest BCUT2D eigenvalue weighted by atomic mass is 32.1. The Morgan fingerprint density at radius 2 is 1.57 bits per heavy atom. The summed E-state index contributed by atoms with van der Waals surface area (Å²) in [7, 11) is 0. The van der Waals surface area contributed by atoms with Crippen LogP contribution in [0.4, 0.5) is 15.5 Å². The molecule has 2 aromatic carbocycles. The van der Waals surface area contributed by atoms with Crippen LogP contribution in [-0.4, -0.2) is 67.4 Å². The summed E-state index contributed by atoms with van der Waals surface area (Å²) in [5.74, 6) is 1.38. The molecule has 5 rings (SSSR count). The lowest BCUT2D eigenvalue weighted by molar-refractivity contribution is 0.0218. The Morgan fingerprint density at radius 3 is 2.22 bits per heavy atom. The third-order valence-corrected chi connectivity index (χ3v) is 7.60. The van der Waals surface area contributed by atoms with Gasteiger partial charge in [0.1, 0.15) is 17.0 Å². The molecule has 4 aromatic rings. The number of aromatic nitrogens is 4. The van der Waals surface area contributed by atoms with Crippen LogP contribution in [0.3, 0.4) is 0 Å². The van der Waals surface area contributed by atoms with E-state index < -0.39 is 17.3 Å². The summed E-state index contributed by atoms with van der Waals surface area (Å²) >= 11 is 0. The molecule has 3 N–H and O–H groups in total. The minimum absolute atomic E-state index is 0. The molecule has 1 fully saturated rings. The maximum Gasteiger partial charge on any atom is 0.410 e. The van der Waals surface area contributed by atoms with Gasteiger partial charge in [0.2, 0.25) is 5.95 Å². The Labute approximate surface area is 297 Å². The van der Waals surface area contributed by atoms with Crippen molar-refractivity contribution in [1.82, 2.24) is 30.2 Å². The number of fused-ring (bicyclic) bond motifs is 1. The van der Waals surface area contributed by atoms with E-state index in [1.54, 1.807) is 17.3 Å². The van der Waals surface area contributed by atoms with Crippen molar-refractivity contribution in [3.63, 3.8) is 0 Å². The molecule has 1 saturated heterocycles. The first-order chi connectivity index (χ1) is 22.6.